The minimum absolute atomic E-state index is 0. The van der Waals surface area contributed by atoms with Gasteiger partial charge in [0.05, 0.1) is 11.6 Å². The molecule has 2 fully saturated rings. The number of carbonyl (C=O) groups excluding carboxylic acids is 2. The number of likely N-dealkylation sites (tertiary alicyclic amines) is 1. The number of nitrogens with zero attached hydrogens (tertiary/aromatic N) is 1. The summed E-state index contributed by atoms with van der Waals surface area (Å²) in [6.07, 6.45) is 1.89. The third-order valence-electron chi connectivity index (χ3n) is 3.51. The number of hydrogen-bond acceptors (Lipinski definition) is 3. The summed E-state index contributed by atoms with van der Waals surface area (Å²) in [7, 11) is 0. The van der Waals surface area contributed by atoms with Crippen molar-refractivity contribution in [2.24, 2.45) is 5.73 Å². The predicted octanol–water partition coefficient (Wildman–Crippen LogP) is 0.415. The van der Waals surface area contributed by atoms with Crippen LogP contribution in [0.25, 0.3) is 0 Å². The van der Waals surface area contributed by atoms with Crippen LogP contribution in [0.15, 0.2) is 0 Å². The molecule has 2 amide bonds. The summed E-state index contributed by atoms with van der Waals surface area (Å²) in [6, 6.07) is -0.0877. The van der Waals surface area contributed by atoms with Crippen LogP contribution in [0, 0.1) is 0 Å². The SMILES string of the molecule is CC(C)(C)N1CC(NC(=O)C2(N)CC2)CC1=O.Cl. The lowest BCUT2D eigenvalue weighted by Crippen LogP contribution is -2.49. The molecule has 0 spiro atoms. The van der Waals surface area contributed by atoms with E-state index in [1.165, 1.54) is 0 Å². The molecule has 5 nitrogen and oxygen atoms in total. The van der Waals surface area contributed by atoms with Gasteiger partial charge in [-0.1, -0.05) is 0 Å². The molecular weight excluding hydrogens is 254 g/mol. The largest absolute Gasteiger partial charge is 0.349 e. The average molecular weight is 276 g/mol. The highest BCUT2D eigenvalue weighted by molar-refractivity contribution is 5.90. The second kappa shape index (κ2) is 4.70. The third-order valence-corrected chi connectivity index (χ3v) is 3.51. The van der Waals surface area contributed by atoms with Gasteiger partial charge in [-0.3, -0.25) is 9.59 Å². The minimum atomic E-state index is -0.655. The Bertz CT molecular complexity index is 361. The molecule has 1 atom stereocenters. The van der Waals surface area contributed by atoms with E-state index >= 15 is 0 Å². The Morgan fingerprint density at radius 2 is 2.00 bits per heavy atom. The van der Waals surface area contributed by atoms with Crippen molar-refractivity contribution in [3.8, 4) is 0 Å². The van der Waals surface area contributed by atoms with Crippen LogP contribution < -0.4 is 11.1 Å². The molecule has 2 aliphatic rings. The van der Waals surface area contributed by atoms with Crippen LogP contribution in [0.5, 0.6) is 0 Å². The van der Waals surface area contributed by atoms with Gasteiger partial charge in [0.25, 0.3) is 0 Å². The van der Waals surface area contributed by atoms with Crippen molar-refractivity contribution >= 4 is 24.2 Å². The van der Waals surface area contributed by atoms with Gasteiger partial charge < -0.3 is 16.0 Å². The first-order valence-electron chi connectivity index (χ1n) is 6.13. The number of hydrogen-bond donors (Lipinski definition) is 2. The molecule has 104 valence electrons. The fraction of sp³-hybridized carbons (Fsp3) is 0.833. The second-order valence-electron chi connectivity index (χ2n) is 6.21. The minimum Gasteiger partial charge on any atom is -0.349 e. The molecule has 1 heterocycles. The van der Waals surface area contributed by atoms with Crippen molar-refractivity contribution in [3.63, 3.8) is 0 Å². The van der Waals surface area contributed by atoms with Crippen molar-refractivity contribution in [2.45, 2.75) is 57.2 Å². The summed E-state index contributed by atoms with van der Waals surface area (Å²) in [5, 5.41) is 2.89. The van der Waals surface area contributed by atoms with Crippen LogP contribution in [0.4, 0.5) is 0 Å². The van der Waals surface area contributed by atoms with Crippen molar-refractivity contribution in [1.82, 2.24) is 10.2 Å². The zero-order valence-corrected chi connectivity index (χ0v) is 12.0. The molecule has 0 aromatic rings. The molecule has 0 bridgehead atoms. The summed E-state index contributed by atoms with van der Waals surface area (Å²) in [6.45, 7) is 6.59. The lowest BCUT2D eigenvalue weighted by molar-refractivity contribution is -0.131. The lowest BCUT2D eigenvalue weighted by Gasteiger charge is -2.32. The fourth-order valence-electron chi connectivity index (χ4n) is 2.14. The van der Waals surface area contributed by atoms with Crippen molar-refractivity contribution in [2.75, 3.05) is 6.54 Å². The molecule has 1 unspecified atom stereocenters. The number of carbonyl (C=O) groups is 2. The fourth-order valence-corrected chi connectivity index (χ4v) is 2.14. The van der Waals surface area contributed by atoms with Crippen LogP contribution in [0.2, 0.25) is 0 Å². The maximum Gasteiger partial charge on any atom is 0.240 e. The zero-order chi connectivity index (χ0) is 12.8. The highest BCUT2D eigenvalue weighted by atomic mass is 35.5. The number of rotatable bonds is 2. The lowest BCUT2D eigenvalue weighted by atomic mass is 10.1. The summed E-state index contributed by atoms with van der Waals surface area (Å²) in [5.74, 6) is -0.00396. The van der Waals surface area contributed by atoms with E-state index in [2.05, 4.69) is 5.32 Å². The van der Waals surface area contributed by atoms with Gasteiger partial charge in [-0.2, -0.15) is 0 Å². The van der Waals surface area contributed by atoms with Gasteiger partial charge in [-0.15, -0.1) is 12.4 Å². The Kier molecular flexibility index (Phi) is 3.98. The number of nitrogens with one attached hydrogen (secondary N) is 1. The molecule has 6 heteroatoms. The van der Waals surface area contributed by atoms with Crippen LogP contribution in [-0.2, 0) is 9.59 Å². The Hall–Kier alpha value is -0.810. The van der Waals surface area contributed by atoms with E-state index in [0.29, 0.717) is 13.0 Å². The molecule has 2 rings (SSSR count). The van der Waals surface area contributed by atoms with E-state index in [1.54, 1.807) is 0 Å². The van der Waals surface area contributed by atoms with Crippen molar-refractivity contribution < 1.29 is 9.59 Å². The molecule has 18 heavy (non-hydrogen) atoms. The molecule has 0 aromatic carbocycles. The second-order valence-corrected chi connectivity index (χ2v) is 6.21. The smallest absolute Gasteiger partial charge is 0.240 e. The number of amides is 2. The molecule has 1 aliphatic carbocycles. The monoisotopic (exact) mass is 275 g/mol. The van der Waals surface area contributed by atoms with Crippen molar-refractivity contribution in [3.05, 3.63) is 0 Å². The molecule has 0 aromatic heterocycles. The third kappa shape index (κ3) is 2.95. The predicted molar refractivity (Wildman–Crippen MR) is 71.4 cm³/mol. The van der Waals surface area contributed by atoms with Crippen molar-refractivity contribution in [1.29, 1.82) is 0 Å². The standard InChI is InChI=1S/C12H21N3O2.ClH/c1-11(2,3)15-7-8(6-9(15)16)14-10(17)12(13)4-5-12;/h8H,4-7,13H2,1-3H3,(H,14,17);1H. The van der Waals surface area contributed by atoms with Gasteiger partial charge in [0.2, 0.25) is 11.8 Å². The molecule has 3 N–H and O–H groups in total. The molecule has 1 saturated heterocycles. The molecular formula is C12H22ClN3O2. The summed E-state index contributed by atoms with van der Waals surface area (Å²) in [5.41, 5.74) is 4.97. The first-order chi connectivity index (χ1) is 7.72. The maximum absolute atomic E-state index is 11.8. The Balaban J connectivity index is 0.00000162. The van der Waals surface area contributed by atoms with Crippen LogP contribution in [0.3, 0.4) is 0 Å². The Morgan fingerprint density at radius 1 is 1.44 bits per heavy atom. The average Bonchev–Trinajstić information content (AvgIpc) is 2.81. The Morgan fingerprint density at radius 3 is 2.39 bits per heavy atom. The summed E-state index contributed by atoms with van der Waals surface area (Å²) in [4.78, 5) is 25.4. The van der Waals surface area contributed by atoms with Gasteiger partial charge in [0, 0.05) is 18.5 Å². The van der Waals surface area contributed by atoms with Gasteiger partial charge in [-0.25, -0.2) is 0 Å². The highest BCUT2D eigenvalue weighted by Gasteiger charge is 2.47. The van der Waals surface area contributed by atoms with E-state index in [4.69, 9.17) is 5.73 Å². The molecule has 1 saturated carbocycles. The number of nitrogens with two attached hydrogens (primary N) is 1. The maximum atomic E-state index is 11.8. The van der Waals surface area contributed by atoms with E-state index in [9.17, 15) is 9.59 Å². The first-order valence-corrected chi connectivity index (χ1v) is 6.13. The van der Waals surface area contributed by atoms with Gasteiger partial charge in [-0.05, 0) is 33.6 Å². The van der Waals surface area contributed by atoms with E-state index < -0.39 is 5.54 Å². The first kappa shape index (κ1) is 15.2. The van der Waals surface area contributed by atoms with Gasteiger partial charge >= 0.3 is 0 Å². The molecule has 1 aliphatic heterocycles. The van der Waals surface area contributed by atoms with Crippen LogP contribution in [0.1, 0.15) is 40.0 Å². The van der Waals surface area contributed by atoms with Crippen LogP contribution in [-0.4, -0.2) is 40.4 Å². The van der Waals surface area contributed by atoms with E-state index in [-0.39, 0.29) is 35.8 Å². The quantitative estimate of drug-likeness (QED) is 0.767. The normalized spacial score (nSPS) is 25.7. The topological polar surface area (TPSA) is 75.4 Å². The van der Waals surface area contributed by atoms with E-state index in [1.807, 2.05) is 25.7 Å². The zero-order valence-electron chi connectivity index (χ0n) is 11.2. The van der Waals surface area contributed by atoms with Gasteiger partial charge in [0.15, 0.2) is 0 Å². The van der Waals surface area contributed by atoms with Crippen LogP contribution >= 0.6 is 12.4 Å². The highest BCUT2D eigenvalue weighted by Crippen LogP contribution is 2.32. The number of halogens is 1. The van der Waals surface area contributed by atoms with Gasteiger partial charge in [0.1, 0.15) is 0 Å². The summed E-state index contributed by atoms with van der Waals surface area (Å²) >= 11 is 0. The summed E-state index contributed by atoms with van der Waals surface area (Å²) < 4.78 is 0. The van der Waals surface area contributed by atoms with E-state index in [0.717, 1.165) is 12.8 Å². The molecule has 0 radical (unpaired) electrons. The Labute approximate surface area is 114 Å².